The second-order valence-corrected chi connectivity index (χ2v) is 5.96. The van der Waals surface area contributed by atoms with E-state index in [1.54, 1.807) is 4.90 Å². The van der Waals surface area contributed by atoms with Crippen molar-refractivity contribution in [2.75, 3.05) is 13.1 Å². The SMILES string of the molecule is CCN(CC(C)C(N)=S)C(=O)c1cc(C)ccc1Br. The van der Waals surface area contributed by atoms with Gasteiger partial charge in [0.2, 0.25) is 0 Å². The topological polar surface area (TPSA) is 46.3 Å². The third-order valence-corrected chi connectivity index (χ3v) is 4.10. The molecule has 0 fully saturated rings. The molecule has 1 aromatic carbocycles. The predicted octanol–water partition coefficient (Wildman–Crippen LogP) is 3.14. The standard InChI is InChI=1S/C14H19BrN2OS/c1-4-17(8-10(3)13(16)19)14(18)11-7-9(2)5-6-12(11)15/h5-7,10H,4,8H2,1-3H3,(H2,16,19). The van der Waals surface area contributed by atoms with Gasteiger partial charge in [0.1, 0.15) is 0 Å². The van der Waals surface area contributed by atoms with Crippen LogP contribution in [-0.4, -0.2) is 28.9 Å². The Morgan fingerprint density at radius 2 is 2.16 bits per heavy atom. The predicted molar refractivity (Wildman–Crippen MR) is 86.4 cm³/mol. The first-order valence-electron chi connectivity index (χ1n) is 6.21. The number of hydrogen-bond acceptors (Lipinski definition) is 2. The Balaban J connectivity index is 2.95. The molecule has 0 radical (unpaired) electrons. The molecule has 104 valence electrons. The van der Waals surface area contributed by atoms with E-state index in [-0.39, 0.29) is 11.8 Å². The molecule has 2 N–H and O–H groups in total. The molecular formula is C14H19BrN2OS. The third kappa shape index (κ3) is 4.28. The normalized spacial score (nSPS) is 12.0. The van der Waals surface area contributed by atoms with Crippen molar-refractivity contribution in [2.24, 2.45) is 11.7 Å². The number of thiocarbonyl (C=S) groups is 1. The summed E-state index contributed by atoms with van der Waals surface area (Å²) in [6.07, 6.45) is 0. The largest absolute Gasteiger partial charge is 0.393 e. The quantitative estimate of drug-likeness (QED) is 0.836. The molecule has 1 unspecified atom stereocenters. The Labute approximate surface area is 128 Å². The Morgan fingerprint density at radius 1 is 1.53 bits per heavy atom. The maximum Gasteiger partial charge on any atom is 0.255 e. The number of aryl methyl sites for hydroxylation is 1. The average molecular weight is 343 g/mol. The molecule has 0 aromatic heterocycles. The molecule has 0 aliphatic rings. The lowest BCUT2D eigenvalue weighted by Crippen LogP contribution is -2.38. The Kier molecular flexibility index (Phi) is 5.94. The summed E-state index contributed by atoms with van der Waals surface area (Å²) >= 11 is 8.39. The van der Waals surface area contributed by atoms with E-state index in [1.807, 2.05) is 39.0 Å². The van der Waals surface area contributed by atoms with E-state index in [0.717, 1.165) is 10.0 Å². The number of benzene rings is 1. The van der Waals surface area contributed by atoms with Gasteiger partial charge in [-0.05, 0) is 41.9 Å². The highest BCUT2D eigenvalue weighted by Crippen LogP contribution is 2.20. The van der Waals surface area contributed by atoms with Gasteiger partial charge in [-0.25, -0.2) is 0 Å². The number of amides is 1. The molecule has 0 aliphatic heterocycles. The summed E-state index contributed by atoms with van der Waals surface area (Å²) < 4.78 is 0.810. The lowest BCUT2D eigenvalue weighted by atomic mass is 10.1. The number of rotatable bonds is 5. The van der Waals surface area contributed by atoms with Crippen molar-refractivity contribution >= 4 is 39.0 Å². The number of hydrogen-bond donors (Lipinski definition) is 1. The molecule has 3 nitrogen and oxygen atoms in total. The molecule has 0 aliphatic carbocycles. The zero-order valence-corrected chi connectivity index (χ0v) is 13.8. The highest BCUT2D eigenvalue weighted by Gasteiger charge is 2.19. The molecule has 1 aromatic rings. The molecular weight excluding hydrogens is 324 g/mol. The lowest BCUT2D eigenvalue weighted by Gasteiger charge is -2.24. The van der Waals surface area contributed by atoms with Crippen LogP contribution >= 0.6 is 28.1 Å². The van der Waals surface area contributed by atoms with Crippen molar-refractivity contribution in [3.8, 4) is 0 Å². The van der Waals surface area contributed by atoms with Gasteiger partial charge < -0.3 is 10.6 Å². The molecule has 1 atom stereocenters. The van der Waals surface area contributed by atoms with Gasteiger partial charge in [0.05, 0.1) is 10.6 Å². The Morgan fingerprint density at radius 3 is 2.68 bits per heavy atom. The highest BCUT2D eigenvalue weighted by molar-refractivity contribution is 9.10. The van der Waals surface area contributed by atoms with Crippen LogP contribution in [0.5, 0.6) is 0 Å². The monoisotopic (exact) mass is 342 g/mol. The van der Waals surface area contributed by atoms with Gasteiger partial charge in [-0.2, -0.15) is 0 Å². The van der Waals surface area contributed by atoms with Crippen LogP contribution in [0.1, 0.15) is 29.8 Å². The summed E-state index contributed by atoms with van der Waals surface area (Å²) in [4.78, 5) is 14.7. The van der Waals surface area contributed by atoms with Gasteiger partial charge in [0, 0.05) is 23.5 Å². The number of carbonyl (C=O) groups excluding carboxylic acids is 1. The van der Waals surface area contributed by atoms with Crippen LogP contribution in [-0.2, 0) is 0 Å². The smallest absolute Gasteiger partial charge is 0.255 e. The van der Waals surface area contributed by atoms with Crippen LogP contribution in [0, 0.1) is 12.8 Å². The van der Waals surface area contributed by atoms with E-state index in [4.69, 9.17) is 18.0 Å². The van der Waals surface area contributed by atoms with Crippen molar-refractivity contribution in [3.05, 3.63) is 33.8 Å². The lowest BCUT2D eigenvalue weighted by molar-refractivity contribution is 0.0754. The van der Waals surface area contributed by atoms with Gasteiger partial charge >= 0.3 is 0 Å². The van der Waals surface area contributed by atoms with E-state index in [0.29, 0.717) is 23.6 Å². The average Bonchev–Trinajstić information content (AvgIpc) is 2.37. The summed E-state index contributed by atoms with van der Waals surface area (Å²) in [5.41, 5.74) is 7.35. The molecule has 0 saturated carbocycles. The van der Waals surface area contributed by atoms with Crippen molar-refractivity contribution in [1.29, 1.82) is 0 Å². The van der Waals surface area contributed by atoms with Crippen LogP contribution in [0.2, 0.25) is 0 Å². The highest BCUT2D eigenvalue weighted by atomic mass is 79.9. The second kappa shape index (κ2) is 7.01. The minimum Gasteiger partial charge on any atom is -0.393 e. The summed E-state index contributed by atoms with van der Waals surface area (Å²) in [6.45, 7) is 7.03. The fourth-order valence-corrected chi connectivity index (χ4v) is 2.24. The van der Waals surface area contributed by atoms with Crippen molar-refractivity contribution < 1.29 is 4.79 Å². The molecule has 5 heteroatoms. The van der Waals surface area contributed by atoms with Gasteiger partial charge in [0.25, 0.3) is 5.91 Å². The van der Waals surface area contributed by atoms with Crippen molar-refractivity contribution in [3.63, 3.8) is 0 Å². The number of halogens is 1. The van der Waals surface area contributed by atoms with Crippen LogP contribution in [0.25, 0.3) is 0 Å². The van der Waals surface area contributed by atoms with Crippen LogP contribution in [0.4, 0.5) is 0 Å². The molecule has 0 spiro atoms. The number of nitrogens with zero attached hydrogens (tertiary/aromatic N) is 1. The van der Waals surface area contributed by atoms with E-state index in [9.17, 15) is 4.79 Å². The maximum absolute atomic E-state index is 12.5. The molecule has 1 amide bonds. The minimum atomic E-state index is 0.00109. The summed E-state index contributed by atoms with van der Waals surface area (Å²) in [5, 5.41) is 0. The van der Waals surface area contributed by atoms with E-state index < -0.39 is 0 Å². The zero-order chi connectivity index (χ0) is 14.6. The van der Waals surface area contributed by atoms with Crippen LogP contribution < -0.4 is 5.73 Å². The van der Waals surface area contributed by atoms with Gasteiger partial charge in [-0.1, -0.05) is 30.8 Å². The third-order valence-electron chi connectivity index (χ3n) is 3.00. The molecule has 19 heavy (non-hydrogen) atoms. The molecule has 0 bridgehead atoms. The van der Waals surface area contributed by atoms with Crippen molar-refractivity contribution in [1.82, 2.24) is 4.90 Å². The summed E-state index contributed by atoms with van der Waals surface area (Å²) in [7, 11) is 0. The maximum atomic E-state index is 12.5. The van der Waals surface area contributed by atoms with Crippen LogP contribution in [0.15, 0.2) is 22.7 Å². The van der Waals surface area contributed by atoms with Gasteiger partial charge in [-0.15, -0.1) is 0 Å². The molecule has 0 heterocycles. The first-order chi connectivity index (χ1) is 8.86. The fourth-order valence-electron chi connectivity index (χ4n) is 1.75. The number of carbonyl (C=O) groups is 1. The first kappa shape index (κ1) is 16.1. The first-order valence-corrected chi connectivity index (χ1v) is 7.41. The molecule has 0 saturated heterocycles. The van der Waals surface area contributed by atoms with Crippen molar-refractivity contribution in [2.45, 2.75) is 20.8 Å². The summed E-state index contributed by atoms with van der Waals surface area (Å²) in [6, 6.07) is 5.75. The minimum absolute atomic E-state index is 0.00109. The Hall–Kier alpha value is -0.940. The van der Waals surface area contributed by atoms with E-state index >= 15 is 0 Å². The Bertz CT molecular complexity index is 490. The van der Waals surface area contributed by atoms with Gasteiger partial charge in [0.15, 0.2) is 0 Å². The summed E-state index contributed by atoms with van der Waals surface area (Å²) in [5.74, 6) is 0.0173. The molecule has 1 rings (SSSR count). The number of nitrogens with two attached hydrogens (primary N) is 1. The van der Waals surface area contributed by atoms with Gasteiger partial charge in [-0.3, -0.25) is 4.79 Å². The fraction of sp³-hybridized carbons (Fsp3) is 0.429. The van der Waals surface area contributed by atoms with Crippen LogP contribution in [0.3, 0.4) is 0 Å². The van der Waals surface area contributed by atoms with E-state index in [1.165, 1.54) is 0 Å². The zero-order valence-electron chi connectivity index (χ0n) is 11.4. The second-order valence-electron chi connectivity index (χ2n) is 4.63. The van der Waals surface area contributed by atoms with E-state index in [2.05, 4.69) is 15.9 Å².